The van der Waals surface area contributed by atoms with Crippen LogP contribution >= 0.6 is 0 Å². The van der Waals surface area contributed by atoms with Crippen molar-refractivity contribution in [2.45, 2.75) is 13.8 Å². The minimum atomic E-state index is -0.255. The summed E-state index contributed by atoms with van der Waals surface area (Å²) >= 11 is 0. The van der Waals surface area contributed by atoms with E-state index in [9.17, 15) is 9.90 Å². The Labute approximate surface area is 184 Å². The van der Waals surface area contributed by atoms with Gasteiger partial charge in [-0.25, -0.2) is 0 Å². The standard InChI is InChI=1S/C27H29NO3/c1-19-15-20(2)17-23(16-19)21-10-12-27(31-14-13-28(3)4)22(18-21)9-11-26(30)24-7-5-6-8-25(24)29/h5-12,15-18,29H,13-14H2,1-4H3. The van der Waals surface area contributed by atoms with Crippen molar-refractivity contribution < 1.29 is 14.6 Å². The Morgan fingerprint density at radius 1 is 0.968 bits per heavy atom. The van der Waals surface area contributed by atoms with E-state index >= 15 is 0 Å². The van der Waals surface area contributed by atoms with Crippen LogP contribution in [0.25, 0.3) is 17.2 Å². The molecule has 0 spiro atoms. The average Bonchev–Trinajstić information content (AvgIpc) is 2.72. The SMILES string of the molecule is Cc1cc(C)cc(-c2ccc(OCCN(C)C)c(C=CC(=O)c3ccccc3O)c2)c1. The van der Waals surface area contributed by atoms with E-state index in [0.717, 1.165) is 29.0 Å². The van der Waals surface area contributed by atoms with E-state index in [1.54, 1.807) is 24.3 Å². The Morgan fingerprint density at radius 2 is 1.68 bits per heavy atom. The molecule has 0 unspecified atom stereocenters. The molecular formula is C27H29NO3. The van der Waals surface area contributed by atoms with Crippen molar-refractivity contribution in [3.8, 4) is 22.6 Å². The Balaban J connectivity index is 1.95. The Morgan fingerprint density at radius 3 is 2.35 bits per heavy atom. The lowest BCUT2D eigenvalue weighted by molar-refractivity contribution is 0.104. The number of ether oxygens (including phenoxy) is 1. The van der Waals surface area contributed by atoms with Gasteiger partial charge in [0.25, 0.3) is 0 Å². The number of ketones is 1. The molecule has 0 saturated carbocycles. The van der Waals surface area contributed by atoms with Crippen LogP contribution in [0.15, 0.2) is 66.7 Å². The molecule has 160 valence electrons. The van der Waals surface area contributed by atoms with Gasteiger partial charge < -0.3 is 14.7 Å². The third-order valence-corrected chi connectivity index (χ3v) is 4.94. The summed E-state index contributed by atoms with van der Waals surface area (Å²) in [7, 11) is 4.00. The lowest BCUT2D eigenvalue weighted by atomic mass is 9.98. The molecule has 31 heavy (non-hydrogen) atoms. The third kappa shape index (κ3) is 6.06. The number of carbonyl (C=O) groups excluding carboxylic acids is 1. The second-order valence-electron chi connectivity index (χ2n) is 8.00. The van der Waals surface area contributed by atoms with E-state index in [1.807, 2.05) is 32.3 Å². The van der Waals surface area contributed by atoms with Gasteiger partial charge in [-0.1, -0.05) is 47.5 Å². The molecule has 0 aromatic heterocycles. The highest BCUT2D eigenvalue weighted by atomic mass is 16.5. The van der Waals surface area contributed by atoms with E-state index < -0.39 is 0 Å². The summed E-state index contributed by atoms with van der Waals surface area (Å²) in [6, 6.07) is 19.0. The third-order valence-electron chi connectivity index (χ3n) is 4.94. The molecule has 0 atom stereocenters. The summed E-state index contributed by atoms with van der Waals surface area (Å²) in [6.07, 6.45) is 3.24. The summed E-state index contributed by atoms with van der Waals surface area (Å²) in [5.41, 5.74) is 5.68. The van der Waals surface area contributed by atoms with Crippen LogP contribution in [0.1, 0.15) is 27.0 Å². The summed E-state index contributed by atoms with van der Waals surface area (Å²) in [4.78, 5) is 14.7. The van der Waals surface area contributed by atoms with Crippen molar-refractivity contribution in [3.05, 3.63) is 89.0 Å². The first kappa shape index (κ1) is 22.3. The van der Waals surface area contributed by atoms with Crippen molar-refractivity contribution in [1.29, 1.82) is 0 Å². The van der Waals surface area contributed by atoms with Crippen LogP contribution < -0.4 is 4.74 Å². The number of allylic oxidation sites excluding steroid dienone is 1. The molecule has 0 heterocycles. The second kappa shape index (κ2) is 10.1. The maximum Gasteiger partial charge on any atom is 0.189 e. The number of benzene rings is 3. The molecule has 0 aliphatic heterocycles. The lowest BCUT2D eigenvalue weighted by Crippen LogP contribution is -2.19. The van der Waals surface area contributed by atoms with Gasteiger partial charge in [0.1, 0.15) is 18.1 Å². The van der Waals surface area contributed by atoms with E-state index in [2.05, 4.69) is 36.9 Å². The summed E-state index contributed by atoms with van der Waals surface area (Å²) in [6.45, 7) is 5.51. The molecule has 3 rings (SSSR count). The van der Waals surface area contributed by atoms with Gasteiger partial charge in [0.05, 0.1) is 5.56 Å². The number of nitrogens with zero attached hydrogens (tertiary/aromatic N) is 1. The zero-order valence-electron chi connectivity index (χ0n) is 18.6. The monoisotopic (exact) mass is 415 g/mol. The van der Waals surface area contributed by atoms with E-state index in [0.29, 0.717) is 6.61 Å². The van der Waals surface area contributed by atoms with Gasteiger partial charge in [0.2, 0.25) is 0 Å². The van der Waals surface area contributed by atoms with Crippen molar-refractivity contribution in [2.24, 2.45) is 0 Å². The predicted octanol–water partition coefficient (Wildman–Crippen LogP) is 5.51. The number of hydrogen-bond donors (Lipinski definition) is 1. The topological polar surface area (TPSA) is 49.8 Å². The number of hydrogen-bond acceptors (Lipinski definition) is 4. The fraction of sp³-hybridized carbons (Fsp3) is 0.222. The van der Waals surface area contributed by atoms with Crippen molar-refractivity contribution >= 4 is 11.9 Å². The van der Waals surface area contributed by atoms with Gasteiger partial charge in [0.15, 0.2) is 5.78 Å². The van der Waals surface area contributed by atoms with Gasteiger partial charge in [-0.05, 0) is 75.5 Å². The minimum Gasteiger partial charge on any atom is -0.507 e. The van der Waals surface area contributed by atoms with Crippen LogP contribution in [-0.2, 0) is 0 Å². The second-order valence-corrected chi connectivity index (χ2v) is 8.00. The van der Waals surface area contributed by atoms with Gasteiger partial charge in [-0.2, -0.15) is 0 Å². The lowest BCUT2D eigenvalue weighted by Gasteiger charge is -2.14. The fourth-order valence-corrected chi connectivity index (χ4v) is 3.41. The zero-order valence-corrected chi connectivity index (χ0v) is 18.6. The van der Waals surface area contributed by atoms with Crippen LogP contribution in [0.5, 0.6) is 11.5 Å². The molecule has 4 heteroatoms. The number of rotatable bonds is 8. The average molecular weight is 416 g/mol. The number of aromatic hydroxyl groups is 1. The molecule has 0 fully saturated rings. The molecule has 3 aromatic carbocycles. The number of phenols is 1. The highest BCUT2D eigenvalue weighted by Gasteiger charge is 2.10. The van der Waals surface area contributed by atoms with Gasteiger partial charge in [-0.3, -0.25) is 4.79 Å². The first-order valence-electron chi connectivity index (χ1n) is 10.3. The minimum absolute atomic E-state index is 0.0245. The number of phenolic OH excluding ortho intramolecular Hbond substituents is 1. The Bertz CT molecular complexity index is 1080. The highest BCUT2D eigenvalue weighted by molar-refractivity contribution is 6.08. The van der Waals surface area contributed by atoms with Crippen molar-refractivity contribution in [2.75, 3.05) is 27.2 Å². The molecule has 0 saturated heterocycles. The van der Waals surface area contributed by atoms with Crippen LogP contribution in [0.4, 0.5) is 0 Å². The molecule has 3 aromatic rings. The summed E-state index contributed by atoms with van der Waals surface area (Å²) in [5, 5.41) is 9.96. The first-order chi connectivity index (χ1) is 14.8. The van der Waals surface area contributed by atoms with E-state index in [4.69, 9.17) is 4.74 Å². The van der Waals surface area contributed by atoms with Crippen LogP contribution in [0, 0.1) is 13.8 Å². The molecule has 0 bridgehead atoms. The molecule has 4 nitrogen and oxygen atoms in total. The van der Waals surface area contributed by atoms with Crippen LogP contribution in [0.3, 0.4) is 0 Å². The molecule has 0 aliphatic rings. The summed E-state index contributed by atoms with van der Waals surface area (Å²) in [5.74, 6) is 0.439. The Hall–Kier alpha value is -3.37. The fourth-order valence-electron chi connectivity index (χ4n) is 3.41. The zero-order chi connectivity index (χ0) is 22.4. The Kier molecular flexibility index (Phi) is 7.27. The maximum absolute atomic E-state index is 12.6. The largest absolute Gasteiger partial charge is 0.507 e. The van der Waals surface area contributed by atoms with E-state index in [1.165, 1.54) is 23.3 Å². The molecule has 1 N–H and O–H groups in total. The highest BCUT2D eigenvalue weighted by Crippen LogP contribution is 2.29. The van der Waals surface area contributed by atoms with Crippen molar-refractivity contribution in [3.63, 3.8) is 0 Å². The molecule has 0 aliphatic carbocycles. The normalized spacial score (nSPS) is 11.3. The number of para-hydroxylation sites is 1. The predicted molar refractivity (Wildman–Crippen MR) is 127 cm³/mol. The summed E-state index contributed by atoms with van der Waals surface area (Å²) < 4.78 is 5.99. The van der Waals surface area contributed by atoms with Gasteiger partial charge in [-0.15, -0.1) is 0 Å². The number of aryl methyl sites for hydroxylation is 2. The quantitative estimate of drug-likeness (QED) is 0.389. The maximum atomic E-state index is 12.6. The van der Waals surface area contributed by atoms with Gasteiger partial charge >= 0.3 is 0 Å². The molecule has 0 amide bonds. The smallest absolute Gasteiger partial charge is 0.189 e. The van der Waals surface area contributed by atoms with Gasteiger partial charge in [0, 0.05) is 12.1 Å². The molecule has 0 radical (unpaired) electrons. The van der Waals surface area contributed by atoms with E-state index in [-0.39, 0.29) is 17.1 Å². The van der Waals surface area contributed by atoms with Crippen LogP contribution in [-0.4, -0.2) is 43.0 Å². The molecular weight excluding hydrogens is 386 g/mol. The number of likely N-dealkylation sites (N-methyl/N-ethyl adjacent to an activating group) is 1. The van der Waals surface area contributed by atoms with Crippen LogP contribution in [0.2, 0.25) is 0 Å². The first-order valence-corrected chi connectivity index (χ1v) is 10.3. The van der Waals surface area contributed by atoms with Crippen molar-refractivity contribution in [1.82, 2.24) is 4.90 Å². The number of carbonyl (C=O) groups is 1.